The highest BCUT2D eigenvalue weighted by molar-refractivity contribution is 14.1. The first-order valence-corrected chi connectivity index (χ1v) is 8.02. The van der Waals surface area contributed by atoms with Crippen LogP contribution in [0.2, 0.25) is 0 Å². The first-order chi connectivity index (χ1) is 8.42. The van der Waals surface area contributed by atoms with Crippen LogP contribution >= 0.6 is 22.6 Å². The van der Waals surface area contributed by atoms with Gasteiger partial charge in [0.15, 0.2) is 0 Å². The highest BCUT2D eigenvalue weighted by atomic mass is 127. The minimum Gasteiger partial charge on any atom is -0.381 e. The van der Waals surface area contributed by atoms with Crippen LogP contribution in [0.1, 0.15) is 40.0 Å². The lowest BCUT2D eigenvalue weighted by Crippen LogP contribution is -2.45. The molecular formula is C16H22IN. The van der Waals surface area contributed by atoms with Gasteiger partial charge in [-0.15, -0.1) is 0 Å². The number of hydrogen-bond acceptors (Lipinski definition) is 1. The van der Waals surface area contributed by atoms with Crippen molar-refractivity contribution in [2.75, 3.05) is 5.32 Å². The highest BCUT2D eigenvalue weighted by Gasteiger charge is 2.59. The molecular weight excluding hydrogens is 333 g/mol. The van der Waals surface area contributed by atoms with Crippen molar-refractivity contribution < 1.29 is 0 Å². The number of anilines is 1. The second kappa shape index (κ2) is 4.12. The zero-order valence-electron chi connectivity index (χ0n) is 11.5. The van der Waals surface area contributed by atoms with E-state index in [1.165, 1.54) is 28.5 Å². The summed E-state index contributed by atoms with van der Waals surface area (Å²) in [5.41, 5.74) is 2.21. The Hall–Kier alpha value is -0.250. The van der Waals surface area contributed by atoms with Gasteiger partial charge >= 0.3 is 0 Å². The monoisotopic (exact) mass is 355 g/mol. The summed E-state index contributed by atoms with van der Waals surface area (Å²) in [5.74, 6) is 0.905. The zero-order chi connectivity index (χ0) is 13.0. The number of nitrogens with one attached hydrogen (secondary N) is 1. The molecule has 1 aromatic rings. The molecule has 98 valence electrons. The lowest BCUT2D eigenvalue weighted by molar-refractivity contribution is 0.155. The van der Waals surface area contributed by atoms with Gasteiger partial charge in [-0.05, 0) is 76.8 Å². The van der Waals surface area contributed by atoms with Crippen LogP contribution in [0.4, 0.5) is 5.69 Å². The normalized spacial score (nSPS) is 36.9. The Morgan fingerprint density at radius 3 is 2.67 bits per heavy atom. The lowest BCUT2D eigenvalue weighted by Gasteiger charge is -2.43. The molecule has 0 aromatic heterocycles. The fourth-order valence-electron chi connectivity index (χ4n) is 4.41. The molecule has 3 rings (SSSR count). The molecule has 2 fully saturated rings. The van der Waals surface area contributed by atoms with E-state index in [2.05, 4.69) is 72.9 Å². The number of fused-ring (bicyclic) bond motifs is 2. The second-order valence-electron chi connectivity index (χ2n) is 7.00. The molecule has 2 heteroatoms. The molecule has 0 heterocycles. The fourth-order valence-corrected chi connectivity index (χ4v) is 4.95. The fraction of sp³-hybridized carbons (Fsp3) is 0.625. The van der Waals surface area contributed by atoms with E-state index in [-0.39, 0.29) is 0 Å². The first kappa shape index (κ1) is 12.8. The van der Waals surface area contributed by atoms with E-state index in [0.29, 0.717) is 16.9 Å². The van der Waals surface area contributed by atoms with Crippen molar-refractivity contribution >= 4 is 28.3 Å². The molecule has 18 heavy (non-hydrogen) atoms. The maximum Gasteiger partial charge on any atom is 0.0368 e. The average molecular weight is 355 g/mol. The largest absolute Gasteiger partial charge is 0.381 e. The van der Waals surface area contributed by atoms with E-state index in [0.717, 1.165) is 5.92 Å². The molecule has 2 aliphatic carbocycles. The summed E-state index contributed by atoms with van der Waals surface area (Å²) >= 11 is 2.39. The van der Waals surface area contributed by atoms with E-state index in [1.807, 2.05) is 0 Å². The highest BCUT2D eigenvalue weighted by Crippen LogP contribution is 2.63. The maximum atomic E-state index is 3.84. The maximum absolute atomic E-state index is 3.84. The van der Waals surface area contributed by atoms with E-state index >= 15 is 0 Å². The van der Waals surface area contributed by atoms with Crippen molar-refractivity contribution in [1.29, 1.82) is 0 Å². The van der Waals surface area contributed by atoms with Crippen LogP contribution in [-0.4, -0.2) is 6.04 Å². The van der Waals surface area contributed by atoms with Gasteiger partial charge in [0.25, 0.3) is 0 Å². The minimum atomic E-state index is 0.425. The Kier molecular flexibility index (Phi) is 2.92. The lowest BCUT2D eigenvalue weighted by atomic mass is 9.68. The van der Waals surface area contributed by atoms with Gasteiger partial charge in [-0.1, -0.05) is 26.8 Å². The van der Waals surface area contributed by atoms with Gasteiger partial charge in [-0.3, -0.25) is 0 Å². The van der Waals surface area contributed by atoms with E-state index in [4.69, 9.17) is 0 Å². The van der Waals surface area contributed by atoms with Crippen LogP contribution in [-0.2, 0) is 0 Å². The molecule has 1 N–H and O–H groups in total. The molecule has 0 amide bonds. The number of rotatable bonds is 2. The third kappa shape index (κ3) is 1.87. The molecule has 2 saturated carbocycles. The smallest absolute Gasteiger partial charge is 0.0368 e. The quantitative estimate of drug-likeness (QED) is 0.743. The Morgan fingerprint density at radius 1 is 1.28 bits per heavy atom. The zero-order valence-corrected chi connectivity index (χ0v) is 13.6. The van der Waals surface area contributed by atoms with Crippen LogP contribution in [0.5, 0.6) is 0 Å². The Bertz CT molecular complexity index is 463. The molecule has 3 atom stereocenters. The summed E-state index contributed by atoms with van der Waals surface area (Å²) in [6.45, 7) is 7.38. The second-order valence-corrected chi connectivity index (χ2v) is 8.25. The van der Waals surface area contributed by atoms with Gasteiger partial charge in [0, 0.05) is 15.3 Å². The van der Waals surface area contributed by atoms with Crippen molar-refractivity contribution in [3.63, 3.8) is 0 Å². The van der Waals surface area contributed by atoms with Crippen LogP contribution < -0.4 is 5.32 Å². The summed E-state index contributed by atoms with van der Waals surface area (Å²) in [4.78, 5) is 0. The molecule has 1 nitrogen and oxygen atoms in total. The third-order valence-electron chi connectivity index (χ3n) is 5.41. The topological polar surface area (TPSA) is 12.0 Å². The summed E-state index contributed by atoms with van der Waals surface area (Å²) in [6.07, 6.45) is 4.22. The standard InChI is InChI=1S/C16H22IN/c1-15(2)11-7-8-16(3,10-11)14(15)18-13-6-4-5-12(17)9-13/h4-6,9,11,14,18H,7-8,10H2,1-3H3/t11-,14?,16+/m0/s1. The van der Waals surface area contributed by atoms with Crippen molar-refractivity contribution in [3.05, 3.63) is 27.8 Å². The van der Waals surface area contributed by atoms with E-state index in [9.17, 15) is 0 Å². The minimum absolute atomic E-state index is 0.425. The van der Waals surface area contributed by atoms with Crippen LogP contribution in [0.15, 0.2) is 24.3 Å². The van der Waals surface area contributed by atoms with E-state index in [1.54, 1.807) is 0 Å². The van der Waals surface area contributed by atoms with Crippen molar-refractivity contribution in [2.24, 2.45) is 16.7 Å². The molecule has 0 spiro atoms. The van der Waals surface area contributed by atoms with Crippen molar-refractivity contribution in [1.82, 2.24) is 0 Å². The van der Waals surface area contributed by atoms with Gasteiger partial charge in [0.1, 0.15) is 0 Å². The summed E-state index contributed by atoms with van der Waals surface area (Å²) < 4.78 is 1.31. The van der Waals surface area contributed by atoms with Gasteiger partial charge in [-0.25, -0.2) is 0 Å². The van der Waals surface area contributed by atoms with Crippen LogP contribution in [0, 0.1) is 20.3 Å². The average Bonchev–Trinajstić information content (AvgIpc) is 2.76. The predicted octanol–water partition coefficient (Wildman–Crippen LogP) is 4.92. The Morgan fingerprint density at radius 2 is 2.06 bits per heavy atom. The number of benzene rings is 1. The number of halogens is 1. The van der Waals surface area contributed by atoms with Crippen LogP contribution in [0.3, 0.4) is 0 Å². The predicted molar refractivity (Wildman–Crippen MR) is 85.8 cm³/mol. The number of hydrogen-bond donors (Lipinski definition) is 1. The van der Waals surface area contributed by atoms with Crippen LogP contribution in [0.25, 0.3) is 0 Å². The van der Waals surface area contributed by atoms with E-state index < -0.39 is 0 Å². The van der Waals surface area contributed by atoms with Gasteiger partial charge < -0.3 is 5.32 Å². The molecule has 2 bridgehead atoms. The molecule has 0 aliphatic heterocycles. The Labute approximate surface area is 124 Å². The Balaban J connectivity index is 1.88. The summed E-state index contributed by atoms with van der Waals surface area (Å²) in [5, 5.41) is 3.84. The van der Waals surface area contributed by atoms with Gasteiger partial charge in [0.05, 0.1) is 0 Å². The van der Waals surface area contributed by atoms with Gasteiger partial charge in [-0.2, -0.15) is 0 Å². The summed E-state index contributed by atoms with van der Waals surface area (Å²) in [6, 6.07) is 9.37. The molecule has 2 aliphatic rings. The van der Waals surface area contributed by atoms with Gasteiger partial charge in [0.2, 0.25) is 0 Å². The SMILES string of the molecule is CC1(C)C(Nc2cccc(I)c2)[C@]2(C)CC[C@H]1C2. The van der Waals surface area contributed by atoms with Crippen molar-refractivity contribution in [2.45, 2.75) is 46.1 Å². The third-order valence-corrected chi connectivity index (χ3v) is 6.08. The summed E-state index contributed by atoms with van der Waals surface area (Å²) in [7, 11) is 0. The van der Waals surface area contributed by atoms with Crippen molar-refractivity contribution in [3.8, 4) is 0 Å². The molecule has 1 aromatic carbocycles. The molecule has 0 radical (unpaired) electrons. The molecule has 1 unspecified atom stereocenters. The first-order valence-electron chi connectivity index (χ1n) is 6.94. The molecule has 0 saturated heterocycles.